The van der Waals surface area contributed by atoms with Crippen LogP contribution in [-0.2, 0) is 18.3 Å². The summed E-state index contributed by atoms with van der Waals surface area (Å²) in [4.78, 5) is 0. The van der Waals surface area contributed by atoms with E-state index in [1.807, 2.05) is 18.7 Å². The predicted molar refractivity (Wildman–Crippen MR) is 76.0 cm³/mol. The molecule has 0 amide bonds. The van der Waals surface area contributed by atoms with Crippen LogP contribution in [0.5, 0.6) is 0 Å². The van der Waals surface area contributed by atoms with Gasteiger partial charge in [0.15, 0.2) is 0 Å². The number of ether oxygens (including phenoxy) is 1. The summed E-state index contributed by atoms with van der Waals surface area (Å²) in [6.45, 7) is 4.33. The lowest BCUT2D eigenvalue weighted by Crippen LogP contribution is -2.50. The molecule has 1 aromatic heterocycles. The first-order valence-corrected chi connectivity index (χ1v) is 7.47. The fourth-order valence-corrected chi connectivity index (χ4v) is 3.10. The summed E-state index contributed by atoms with van der Waals surface area (Å²) in [5.41, 5.74) is 2.17. The van der Waals surface area contributed by atoms with Gasteiger partial charge in [-0.1, -0.05) is 0 Å². The summed E-state index contributed by atoms with van der Waals surface area (Å²) in [6, 6.07) is 0. The van der Waals surface area contributed by atoms with Gasteiger partial charge in [0, 0.05) is 38.2 Å². The van der Waals surface area contributed by atoms with Crippen molar-refractivity contribution in [3.05, 3.63) is 15.9 Å². The fourth-order valence-electron chi connectivity index (χ4n) is 2.26. The third-order valence-electron chi connectivity index (χ3n) is 3.60. The van der Waals surface area contributed by atoms with Gasteiger partial charge in [-0.05, 0) is 35.7 Å². The van der Waals surface area contributed by atoms with Crippen LogP contribution in [0.25, 0.3) is 0 Å². The molecule has 18 heavy (non-hydrogen) atoms. The Morgan fingerprint density at radius 3 is 2.67 bits per heavy atom. The molecule has 2 heterocycles. The number of nitrogens with zero attached hydrogens (tertiary/aromatic N) is 2. The maximum Gasteiger partial charge on any atom is 0.0739 e. The van der Waals surface area contributed by atoms with Crippen LogP contribution in [0.4, 0.5) is 0 Å². The normalized spacial score (nSPS) is 19.1. The molecule has 1 saturated heterocycles. The third-order valence-corrected chi connectivity index (χ3v) is 5.14. The molecule has 0 aliphatic carbocycles. The average molecular weight is 337 g/mol. The van der Waals surface area contributed by atoms with Gasteiger partial charge in [0.05, 0.1) is 15.9 Å². The van der Waals surface area contributed by atoms with Crippen molar-refractivity contribution in [3.8, 4) is 0 Å². The van der Waals surface area contributed by atoms with Crippen LogP contribution in [0.3, 0.4) is 0 Å². The second-order valence-corrected chi connectivity index (χ2v) is 5.91. The van der Waals surface area contributed by atoms with Crippen LogP contribution in [0.2, 0.25) is 0 Å². The quantitative estimate of drug-likeness (QED) is 0.858. The first-order valence-electron chi connectivity index (χ1n) is 6.15. The molecule has 4 nitrogen and oxygen atoms in total. The molecule has 1 aliphatic heterocycles. The molecule has 0 unspecified atom stereocenters. The second-order valence-electron chi connectivity index (χ2n) is 4.85. The van der Waals surface area contributed by atoms with Gasteiger partial charge >= 0.3 is 0 Å². The number of rotatable bonds is 4. The largest absolute Gasteiger partial charge is 0.381 e. The van der Waals surface area contributed by atoms with Crippen molar-refractivity contribution in [1.82, 2.24) is 15.1 Å². The first-order chi connectivity index (χ1) is 8.58. The Morgan fingerprint density at radius 1 is 1.50 bits per heavy atom. The van der Waals surface area contributed by atoms with Crippen molar-refractivity contribution >= 4 is 27.5 Å². The van der Waals surface area contributed by atoms with E-state index in [1.54, 1.807) is 0 Å². The third kappa shape index (κ3) is 2.90. The molecule has 1 aromatic rings. The van der Waals surface area contributed by atoms with Gasteiger partial charge in [-0.3, -0.25) is 4.68 Å². The van der Waals surface area contributed by atoms with Crippen molar-refractivity contribution in [3.63, 3.8) is 0 Å². The molecule has 6 heteroatoms. The fraction of sp³-hybridized carbons (Fsp3) is 0.750. The summed E-state index contributed by atoms with van der Waals surface area (Å²) in [5, 5.41) is 7.99. The van der Waals surface area contributed by atoms with E-state index in [4.69, 9.17) is 16.3 Å². The average Bonchev–Trinajstić information content (AvgIpc) is 2.62. The SMILES string of the molecule is Cc1nn(C)c(CNC2(CCl)CCOCC2)c1Br. The monoisotopic (exact) mass is 335 g/mol. The van der Waals surface area contributed by atoms with E-state index in [2.05, 4.69) is 26.3 Å². The van der Waals surface area contributed by atoms with Crippen LogP contribution >= 0.6 is 27.5 Å². The molecule has 1 fully saturated rings. The molecule has 0 aromatic carbocycles. The Kier molecular flexibility index (Phi) is 4.69. The molecular formula is C12H19BrClN3O. The Labute approximate surface area is 121 Å². The smallest absolute Gasteiger partial charge is 0.0739 e. The number of hydrogen-bond donors (Lipinski definition) is 1. The zero-order valence-electron chi connectivity index (χ0n) is 10.8. The van der Waals surface area contributed by atoms with Crippen LogP contribution in [0, 0.1) is 6.92 Å². The molecule has 0 spiro atoms. The zero-order valence-corrected chi connectivity index (χ0v) is 13.1. The minimum absolute atomic E-state index is 0.00256. The molecular weight excluding hydrogens is 318 g/mol. The number of alkyl halides is 1. The molecule has 1 aliphatic rings. The van der Waals surface area contributed by atoms with E-state index < -0.39 is 0 Å². The highest BCUT2D eigenvalue weighted by atomic mass is 79.9. The minimum Gasteiger partial charge on any atom is -0.381 e. The summed E-state index contributed by atoms with van der Waals surface area (Å²) in [5.74, 6) is 0.616. The summed E-state index contributed by atoms with van der Waals surface area (Å²) < 4.78 is 8.39. The van der Waals surface area contributed by atoms with Gasteiger partial charge in [-0.15, -0.1) is 11.6 Å². The molecule has 102 valence electrons. The van der Waals surface area contributed by atoms with Gasteiger partial charge in [0.1, 0.15) is 0 Å². The lowest BCUT2D eigenvalue weighted by atomic mass is 9.92. The molecule has 1 N–H and O–H groups in total. The summed E-state index contributed by atoms with van der Waals surface area (Å²) in [7, 11) is 1.96. The van der Waals surface area contributed by atoms with Gasteiger partial charge in [-0.2, -0.15) is 5.10 Å². The van der Waals surface area contributed by atoms with E-state index in [1.165, 1.54) is 0 Å². The van der Waals surface area contributed by atoms with Crippen molar-refractivity contribution < 1.29 is 4.74 Å². The second kappa shape index (κ2) is 5.90. The number of aromatic nitrogens is 2. The molecule has 0 atom stereocenters. The van der Waals surface area contributed by atoms with E-state index in [9.17, 15) is 0 Å². The van der Waals surface area contributed by atoms with Crippen LogP contribution < -0.4 is 5.32 Å². The van der Waals surface area contributed by atoms with Crippen LogP contribution in [0.15, 0.2) is 4.47 Å². The van der Waals surface area contributed by atoms with Gasteiger partial charge < -0.3 is 10.1 Å². The maximum absolute atomic E-state index is 6.14. The van der Waals surface area contributed by atoms with Crippen LogP contribution in [-0.4, -0.2) is 34.4 Å². The van der Waals surface area contributed by atoms with Crippen molar-refractivity contribution in [2.24, 2.45) is 7.05 Å². The minimum atomic E-state index is -0.00256. The highest BCUT2D eigenvalue weighted by Gasteiger charge is 2.31. The van der Waals surface area contributed by atoms with Gasteiger partial charge in [0.2, 0.25) is 0 Å². The number of halogens is 2. The van der Waals surface area contributed by atoms with Gasteiger partial charge in [0.25, 0.3) is 0 Å². The van der Waals surface area contributed by atoms with Crippen molar-refractivity contribution in [2.45, 2.75) is 31.8 Å². The maximum atomic E-state index is 6.14. The Balaban J connectivity index is 2.05. The Morgan fingerprint density at radius 2 is 2.17 bits per heavy atom. The first kappa shape index (κ1) is 14.3. The highest BCUT2D eigenvalue weighted by molar-refractivity contribution is 9.10. The van der Waals surface area contributed by atoms with Crippen molar-refractivity contribution in [1.29, 1.82) is 0 Å². The van der Waals surface area contributed by atoms with E-state index in [0.29, 0.717) is 5.88 Å². The lowest BCUT2D eigenvalue weighted by Gasteiger charge is -2.36. The standard InChI is InChI=1S/C12H19BrClN3O/c1-9-11(13)10(17(2)16-9)7-15-12(8-14)3-5-18-6-4-12/h15H,3-8H2,1-2H3. The predicted octanol–water partition coefficient (Wildman–Crippen LogP) is 2.37. The molecule has 0 radical (unpaired) electrons. The lowest BCUT2D eigenvalue weighted by molar-refractivity contribution is 0.0456. The number of hydrogen-bond acceptors (Lipinski definition) is 3. The molecule has 0 bridgehead atoms. The zero-order chi connectivity index (χ0) is 13.2. The van der Waals surface area contributed by atoms with E-state index in [-0.39, 0.29) is 5.54 Å². The van der Waals surface area contributed by atoms with Crippen LogP contribution in [0.1, 0.15) is 24.2 Å². The Hall–Kier alpha value is -0.100. The molecule has 0 saturated carbocycles. The summed E-state index contributed by atoms with van der Waals surface area (Å²) >= 11 is 9.72. The van der Waals surface area contributed by atoms with E-state index in [0.717, 1.165) is 48.5 Å². The number of aryl methyl sites for hydroxylation is 2. The number of nitrogens with one attached hydrogen (secondary N) is 1. The Bertz CT molecular complexity index is 416. The van der Waals surface area contributed by atoms with Gasteiger partial charge in [-0.25, -0.2) is 0 Å². The highest BCUT2D eigenvalue weighted by Crippen LogP contribution is 2.25. The summed E-state index contributed by atoms with van der Waals surface area (Å²) in [6.07, 6.45) is 1.93. The van der Waals surface area contributed by atoms with E-state index >= 15 is 0 Å². The topological polar surface area (TPSA) is 39.1 Å². The molecule has 2 rings (SSSR count). The van der Waals surface area contributed by atoms with Crippen molar-refractivity contribution in [2.75, 3.05) is 19.1 Å².